The molecule has 0 bridgehead atoms. The van der Waals surface area contributed by atoms with E-state index in [1.54, 1.807) is 0 Å². The van der Waals surface area contributed by atoms with Crippen molar-refractivity contribution in [1.82, 2.24) is 4.98 Å². The first kappa shape index (κ1) is 11.6. The Bertz CT molecular complexity index is 382. The van der Waals surface area contributed by atoms with Crippen LogP contribution in [0.4, 0.5) is 5.13 Å². The average Bonchev–Trinajstić information content (AvgIpc) is 2.96. The fraction of sp³-hybridized carbons (Fsp3) is 0.667. The molecule has 3 nitrogen and oxygen atoms in total. The van der Waals surface area contributed by atoms with E-state index in [2.05, 4.69) is 23.7 Å². The van der Waals surface area contributed by atoms with E-state index in [1.165, 1.54) is 24.2 Å². The van der Waals surface area contributed by atoms with Gasteiger partial charge in [-0.2, -0.15) is 0 Å². The maximum atomic E-state index is 11.0. The van der Waals surface area contributed by atoms with Crippen LogP contribution in [-0.2, 0) is 0 Å². The number of carbonyl (C=O) groups excluding carboxylic acids is 1. The average molecular weight is 238 g/mol. The summed E-state index contributed by atoms with van der Waals surface area (Å²) < 4.78 is 0. The second-order valence-corrected chi connectivity index (χ2v) is 5.92. The van der Waals surface area contributed by atoms with Crippen LogP contribution in [0.3, 0.4) is 0 Å². The molecule has 16 heavy (non-hydrogen) atoms. The molecule has 0 radical (unpaired) electrons. The molecule has 88 valence electrons. The summed E-state index contributed by atoms with van der Waals surface area (Å²) in [5.41, 5.74) is 1.03. The van der Waals surface area contributed by atoms with E-state index in [0.717, 1.165) is 28.5 Å². The highest BCUT2D eigenvalue weighted by Gasteiger charge is 2.30. The Kier molecular flexibility index (Phi) is 3.28. The lowest BCUT2D eigenvalue weighted by Crippen LogP contribution is -2.22. The van der Waals surface area contributed by atoms with Crippen LogP contribution >= 0.6 is 11.3 Å². The van der Waals surface area contributed by atoms with Gasteiger partial charge in [0.2, 0.25) is 0 Å². The molecule has 0 unspecified atom stereocenters. The van der Waals surface area contributed by atoms with Gasteiger partial charge < -0.3 is 4.90 Å². The molecular weight excluding hydrogens is 220 g/mol. The summed E-state index contributed by atoms with van der Waals surface area (Å²) in [6.07, 6.45) is 3.34. The minimum Gasteiger partial charge on any atom is -0.351 e. The number of carbonyl (C=O) groups is 1. The minimum absolute atomic E-state index is 0.553. The van der Waals surface area contributed by atoms with Crippen LogP contribution in [0.1, 0.15) is 48.0 Å². The van der Waals surface area contributed by atoms with Gasteiger partial charge in [-0.25, -0.2) is 4.98 Å². The van der Waals surface area contributed by atoms with Gasteiger partial charge in [-0.1, -0.05) is 25.2 Å². The molecule has 1 aliphatic rings. The molecule has 0 spiro atoms. The highest BCUT2D eigenvalue weighted by molar-refractivity contribution is 7.17. The van der Waals surface area contributed by atoms with Gasteiger partial charge in [0.15, 0.2) is 11.4 Å². The standard InChI is InChI=1S/C12H18N2OS/c1-8(2)6-14(3)12-13-11(9-4-5-9)10(7-15)16-12/h7-9H,4-6H2,1-3H3. The first-order chi connectivity index (χ1) is 7.61. The van der Waals surface area contributed by atoms with Gasteiger partial charge in [0.25, 0.3) is 0 Å². The Morgan fingerprint density at radius 2 is 2.25 bits per heavy atom. The molecule has 1 aliphatic carbocycles. The summed E-state index contributed by atoms with van der Waals surface area (Å²) in [6.45, 7) is 5.36. The normalized spacial score (nSPS) is 15.5. The number of hydrogen-bond acceptors (Lipinski definition) is 4. The Hall–Kier alpha value is -0.900. The topological polar surface area (TPSA) is 33.2 Å². The molecule has 1 aromatic rings. The minimum atomic E-state index is 0.553. The Balaban J connectivity index is 2.18. The molecule has 1 heterocycles. The van der Waals surface area contributed by atoms with Gasteiger partial charge in [-0.05, 0) is 18.8 Å². The molecule has 1 saturated carbocycles. The SMILES string of the molecule is CC(C)CN(C)c1nc(C2CC2)c(C=O)s1. The smallest absolute Gasteiger partial charge is 0.185 e. The molecule has 1 fully saturated rings. The highest BCUT2D eigenvalue weighted by Crippen LogP contribution is 2.43. The number of rotatable bonds is 5. The maximum Gasteiger partial charge on any atom is 0.185 e. The monoisotopic (exact) mass is 238 g/mol. The van der Waals surface area contributed by atoms with E-state index in [-0.39, 0.29) is 0 Å². The third-order valence-corrected chi connectivity index (χ3v) is 3.82. The van der Waals surface area contributed by atoms with Crippen LogP contribution in [0.2, 0.25) is 0 Å². The lowest BCUT2D eigenvalue weighted by Gasteiger charge is -2.17. The second kappa shape index (κ2) is 4.53. The number of aldehydes is 1. The molecule has 1 aromatic heterocycles. The van der Waals surface area contributed by atoms with Crippen molar-refractivity contribution in [2.24, 2.45) is 5.92 Å². The zero-order chi connectivity index (χ0) is 11.7. The van der Waals surface area contributed by atoms with Gasteiger partial charge in [-0.3, -0.25) is 4.79 Å². The van der Waals surface area contributed by atoms with E-state index in [9.17, 15) is 4.79 Å². The summed E-state index contributed by atoms with van der Waals surface area (Å²) in [4.78, 5) is 18.6. The second-order valence-electron chi connectivity index (χ2n) is 4.91. The lowest BCUT2D eigenvalue weighted by atomic mass is 10.2. The fourth-order valence-corrected chi connectivity index (χ4v) is 2.79. The predicted octanol–water partition coefficient (Wildman–Crippen LogP) is 2.93. The van der Waals surface area contributed by atoms with Crippen molar-refractivity contribution >= 4 is 22.8 Å². The summed E-state index contributed by atoms with van der Waals surface area (Å²) in [5, 5.41) is 0.984. The molecule has 2 rings (SSSR count). The lowest BCUT2D eigenvalue weighted by molar-refractivity contribution is 0.112. The van der Waals surface area contributed by atoms with Crippen molar-refractivity contribution in [3.63, 3.8) is 0 Å². The quantitative estimate of drug-likeness (QED) is 0.739. The number of anilines is 1. The van der Waals surface area contributed by atoms with Crippen molar-refractivity contribution in [1.29, 1.82) is 0 Å². The Morgan fingerprint density at radius 1 is 1.56 bits per heavy atom. The summed E-state index contributed by atoms with van der Waals surface area (Å²) in [7, 11) is 2.05. The third-order valence-electron chi connectivity index (χ3n) is 2.71. The molecule has 0 saturated heterocycles. The molecule has 0 atom stereocenters. The van der Waals surface area contributed by atoms with Gasteiger partial charge in [0, 0.05) is 19.5 Å². The molecule has 0 amide bonds. The summed E-state index contributed by atoms with van der Waals surface area (Å²) in [5.74, 6) is 1.16. The molecule has 4 heteroatoms. The zero-order valence-electron chi connectivity index (χ0n) is 10.1. The predicted molar refractivity (Wildman–Crippen MR) is 67.6 cm³/mol. The van der Waals surface area contributed by atoms with Crippen LogP contribution in [0.25, 0.3) is 0 Å². The van der Waals surface area contributed by atoms with Crippen molar-refractivity contribution < 1.29 is 4.79 Å². The first-order valence-corrected chi connectivity index (χ1v) is 6.60. The van der Waals surface area contributed by atoms with E-state index in [0.29, 0.717) is 11.8 Å². The summed E-state index contributed by atoms with van der Waals surface area (Å²) in [6, 6.07) is 0. The van der Waals surface area contributed by atoms with Crippen molar-refractivity contribution in [2.75, 3.05) is 18.5 Å². The van der Waals surface area contributed by atoms with Gasteiger partial charge in [-0.15, -0.1) is 0 Å². The summed E-state index contributed by atoms with van der Waals surface area (Å²) >= 11 is 1.52. The van der Waals surface area contributed by atoms with Crippen LogP contribution in [-0.4, -0.2) is 24.9 Å². The van der Waals surface area contributed by atoms with Crippen molar-refractivity contribution in [3.8, 4) is 0 Å². The van der Waals surface area contributed by atoms with Crippen LogP contribution in [0.15, 0.2) is 0 Å². The van der Waals surface area contributed by atoms with Crippen molar-refractivity contribution in [3.05, 3.63) is 10.6 Å². The number of thiazole rings is 1. The fourth-order valence-electron chi connectivity index (χ4n) is 1.85. The molecule has 0 aromatic carbocycles. The number of aromatic nitrogens is 1. The van der Waals surface area contributed by atoms with Crippen molar-refractivity contribution in [2.45, 2.75) is 32.6 Å². The highest BCUT2D eigenvalue weighted by atomic mass is 32.1. The zero-order valence-corrected chi connectivity index (χ0v) is 10.9. The number of nitrogens with zero attached hydrogens (tertiary/aromatic N) is 2. The van der Waals surface area contributed by atoms with E-state index < -0.39 is 0 Å². The van der Waals surface area contributed by atoms with E-state index >= 15 is 0 Å². The van der Waals surface area contributed by atoms with Gasteiger partial charge in [0.1, 0.15) is 0 Å². The van der Waals surface area contributed by atoms with Crippen LogP contribution < -0.4 is 4.90 Å². The molecule has 0 N–H and O–H groups in total. The first-order valence-electron chi connectivity index (χ1n) is 5.79. The Morgan fingerprint density at radius 3 is 2.75 bits per heavy atom. The van der Waals surface area contributed by atoms with E-state index in [1.807, 2.05) is 7.05 Å². The Labute approximate surface area is 100 Å². The third kappa shape index (κ3) is 2.43. The molecular formula is C12H18N2OS. The largest absolute Gasteiger partial charge is 0.351 e. The van der Waals surface area contributed by atoms with Crippen LogP contribution in [0, 0.1) is 5.92 Å². The van der Waals surface area contributed by atoms with Crippen LogP contribution in [0.5, 0.6) is 0 Å². The van der Waals surface area contributed by atoms with Gasteiger partial charge >= 0.3 is 0 Å². The van der Waals surface area contributed by atoms with E-state index in [4.69, 9.17) is 0 Å². The van der Waals surface area contributed by atoms with Gasteiger partial charge in [0.05, 0.1) is 10.6 Å². The molecule has 0 aliphatic heterocycles. The number of hydrogen-bond donors (Lipinski definition) is 0. The maximum absolute atomic E-state index is 11.0.